The lowest BCUT2D eigenvalue weighted by Gasteiger charge is -2.36. The molecule has 1 heteroatoms. The molecule has 0 spiro atoms. The standard InChI is InChI=1S/C7H15N/c1-5(2)6-3-4-7(6)8/h5-7H,3-4,8H2,1-2H3/t6-,7+/m1/s1. The largest absolute Gasteiger partial charge is 0.327 e. The first-order valence-corrected chi connectivity index (χ1v) is 3.47. The first-order chi connectivity index (χ1) is 3.72. The maximum atomic E-state index is 5.72. The van der Waals surface area contributed by atoms with Crippen LogP contribution in [0.5, 0.6) is 0 Å². The van der Waals surface area contributed by atoms with E-state index in [4.69, 9.17) is 5.73 Å². The van der Waals surface area contributed by atoms with Gasteiger partial charge in [0.25, 0.3) is 0 Å². The maximum Gasteiger partial charge on any atom is 0.00697 e. The molecule has 0 unspecified atom stereocenters. The molecule has 2 atom stereocenters. The highest BCUT2D eigenvalue weighted by Crippen LogP contribution is 2.31. The van der Waals surface area contributed by atoms with Crippen molar-refractivity contribution in [2.75, 3.05) is 0 Å². The molecular weight excluding hydrogens is 98.1 g/mol. The van der Waals surface area contributed by atoms with Crippen LogP contribution in [0.3, 0.4) is 0 Å². The quantitative estimate of drug-likeness (QED) is 0.546. The van der Waals surface area contributed by atoms with E-state index in [1.165, 1.54) is 12.8 Å². The smallest absolute Gasteiger partial charge is 0.00697 e. The second kappa shape index (κ2) is 2.06. The molecule has 0 heterocycles. The molecule has 0 aromatic heterocycles. The molecular formula is C7H15N. The molecule has 1 saturated carbocycles. The third-order valence-electron chi connectivity index (χ3n) is 2.24. The van der Waals surface area contributed by atoms with Gasteiger partial charge in [0, 0.05) is 6.04 Å². The zero-order chi connectivity index (χ0) is 6.15. The van der Waals surface area contributed by atoms with Crippen molar-refractivity contribution in [1.29, 1.82) is 0 Å². The molecule has 1 fully saturated rings. The molecule has 1 aliphatic rings. The van der Waals surface area contributed by atoms with Crippen molar-refractivity contribution in [2.24, 2.45) is 17.6 Å². The SMILES string of the molecule is CC(C)[C@H]1CC[C@@H]1N. The van der Waals surface area contributed by atoms with Crippen molar-refractivity contribution < 1.29 is 0 Å². The Bertz CT molecular complexity index is 73.7. The molecule has 1 nitrogen and oxygen atoms in total. The summed E-state index contributed by atoms with van der Waals surface area (Å²) in [5.74, 6) is 1.63. The summed E-state index contributed by atoms with van der Waals surface area (Å²) in [6, 6.07) is 0.523. The Labute approximate surface area is 51.3 Å². The Morgan fingerprint density at radius 3 is 2.00 bits per heavy atom. The van der Waals surface area contributed by atoms with Gasteiger partial charge in [-0.15, -0.1) is 0 Å². The number of rotatable bonds is 1. The minimum atomic E-state index is 0.523. The molecule has 0 aromatic rings. The van der Waals surface area contributed by atoms with E-state index in [-0.39, 0.29) is 0 Å². The van der Waals surface area contributed by atoms with Crippen molar-refractivity contribution in [3.63, 3.8) is 0 Å². The average Bonchev–Trinajstić information content (AvgIpc) is 1.61. The van der Waals surface area contributed by atoms with Gasteiger partial charge < -0.3 is 5.73 Å². The van der Waals surface area contributed by atoms with Crippen LogP contribution in [-0.4, -0.2) is 6.04 Å². The molecule has 1 aliphatic carbocycles. The van der Waals surface area contributed by atoms with Gasteiger partial charge in [-0.05, 0) is 24.7 Å². The highest BCUT2D eigenvalue weighted by atomic mass is 14.7. The molecule has 0 aliphatic heterocycles. The summed E-state index contributed by atoms with van der Waals surface area (Å²) >= 11 is 0. The second-order valence-electron chi connectivity index (χ2n) is 3.15. The van der Waals surface area contributed by atoms with Crippen molar-refractivity contribution in [3.05, 3.63) is 0 Å². The van der Waals surface area contributed by atoms with Crippen molar-refractivity contribution in [1.82, 2.24) is 0 Å². The molecule has 1 rings (SSSR count). The minimum Gasteiger partial charge on any atom is -0.327 e. The summed E-state index contributed by atoms with van der Waals surface area (Å²) in [6.45, 7) is 4.51. The highest BCUT2D eigenvalue weighted by Gasteiger charge is 2.29. The average molecular weight is 113 g/mol. The molecule has 8 heavy (non-hydrogen) atoms. The first-order valence-electron chi connectivity index (χ1n) is 3.47. The zero-order valence-corrected chi connectivity index (χ0v) is 5.72. The van der Waals surface area contributed by atoms with Gasteiger partial charge in [-0.2, -0.15) is 0 Å². The Kier molecular flexibility index (Phi) is 1.57. The first kappa shape index (κ1) is 6.09. The van der Waals surface area contributed by atoms with E-state index in [0.717, 1.165) is 11.8 Å². The third kappa shape index (κ3) is 0.873. The van der Waals surface area contributed by atoms with E-state index in [9.17, 15) is 0 Å². The van der Waals surface area contributed by atoms with Gasteiger partial charge in [0.05, 0.1) is 0 Å². The van der Waals surface area contributed by atoms with Crippen LogP contribution in [0.1, 0.15) is 26.7 Å². The normalized spacial score (nSPS) is 37.5. The molecule has 0 radical (unpaired) electrons. The molecule has 0 aromatic carbocycles. The van der Waals surface area contributed by atoms with Crippen LogP contribution >= 0.6 is 0 Å². The Morgan fingerprint density at radius 1 is 1.38 bits per heavy atom. The van der Waals surface area contributed by atoms with E-state index in [1.807, 2.05) is 0 Å². The van der Waals surface area contributed by atoms with Gasteiger partial charge >= 0.3 is 0 Å². The van der Waals surface area contributed by atoms with Gasteiger partial charge in [0.2, 0.25) is 0 Å². The van der Waals surface area contributed by atoms with Gasteiger partial charge in [-0.3, -0.25) is 0 Å². The summed E-state index contributed by atoms with van der Waals surface area (Å²) in [5.41, 5.74) is 5.72. The molecule has 0 amide bonds. The van der Waals surface area contributed by atoms with Crippen LogP contribution in [0.15, 0.2) is 0 Å². The molecule has 48 valence electrons. The fraction of sp³-hybridized carbons (Fsp3) is 1.00. The lowest BCUT2D eigenvalue weighted by atomic mass is 9.73. The van der Waals surface area contributed by atoms with Crippen molar-refractivity contribution >= 4 is 0 Å². The summed E-state index contributed by atoms with van der Waals surface area (Å²) in [5, 5.41) is 0. The van der Waals surface area contributed by atoms with Crippen molar-refractivity contribution in [3.8, 4) is 0 Å². The van der Waals surface area contributed by atoms with Gasteiger partial charge in [0.15, 0.2) is 0 Å². The van der Waals surface area contributed by atoms with Crippen LogP contribution in [0.4, 0.5) is 0 Å². The summed E-state index contributed by atoms with van der Waals surface area (Å²) in [4.78, 5) is 0. The lowest BCUT2D eigenvalue weighted by molar-refractivity contribution is 0.190. The zero-order valence-electron chi connectivity index (χ0n) is 5.72. The van der Waals surface area contributed by atoms with Crippen LogP contribution in [0, 0.1) is 11.8 Å². The number of nitrogens with two attached hydrogens (primary N) is 1. The Hall–Kier alpha value is -0.0400. The van der Waals surface area contributed by atoms with Crippen LogP contribution in [-0.2, 0) is 0 Å². The van der Waals surface area contributed by atoms with Crippen LogP contribution in [0.2, 0.25) is 0 Å². The maximum absolute atomic E-state index is 5.72. The van der Waals surface area contributed by atoms with Gasteiger partial charge in [-0.1, -0.05) is 13.8 Å². The van der Waals surface area contributed by atoms with Crippen LogP contribution in [0.25, 0.3) is 0 Å². The third-order valence-corrected chi connectivity index (χ3v) is 2.24. The van der Waals surface area contributed by atoms with E-state index in [0.29, 0.717) is 6.04 Å². The monoisotopic (exact) mass is 113 g/mol. The summed E-state index contributed by atoms with van der Waals surface area (Å²) in [6.07, 6.45) is 2.61. The lowest BCUT2D eigenvalue weighted by Crippen LogP contribution is -2.42. The van der Waals surface area contributed by atoms with Gasteiger partial charge in [-0.25, -0.2) is 0 Å². The topological polar surface area (TPSA) is 26.0 Å². The van der Waals surface area contributed by atoms with Gasteiger partial charge in [0.1, 0.15) is 0 Å². The molecule has 0 saturated heterocycles. The van der Waals surface area contributed by atoms with Crippen LogP contribution < -0.4 is 5.73 Å². The predicted octanol–water partition coefficient (Wildman–Crippen LogP) is 1.38. The van der Waals surface area contributed by atoms with E-state index < -0.39 is 0 Å². The minimum absolute atomic E-state index is 0.523. The number of hydrogen-bond donors (Lipinski definition) is 1. The summed E-state index contributed by atoms with van der Waals surface area (Å²) < 4.78 is 0. The van der Waals surface area contributed by atoms with E-state index in [1.54, 1.807) is 0 Å². The van der Waals surface area contributed by atoms with E-state index >= 15 is 0 Å². The fourth-order valence-electron chi connectivity index (χ4n) is 1.38. The van der Waals surface area contributed by atoms with Crippen molar-refractivity contribution in [2.45, 2.75) is 32.7 Å². The molecule has 0 bridgehead atoms. The fourth-order valence-corrected chi connectivity index (χ4v) is 1.38. The Balaban J connectivity index is 2.26. The number of hydrogen-bond acceptors (Lipinski definition) is 1. The Morgan fingerprint density at radius 2 is 2.00 bits per heavy atom. The second-order valence-corrected chi connectivity index (χ2v) is 3.15. The summed E-state index contributed by atoms with van der Waals surface area (Å²) in [7, 11) is 0. The highest BCUT2D eigenvalue weighted by molar-refractivity contribution is 4.85. The predicted molar refractivity (Wildman–Crippen MR) is 35.5 cm³/mol. The molecule has 2 N–H and O–H groups in total. The van der Waals surface area contributed by atoms with E-state index in [2.05, 4.69) is 13.8 Å².